The first-order chi connectivity index (χ1) is 13.0. The molecule has 2 aromatic heterocycles. The minimum atomic E-state index is -0.614. The van der Waals surface area contributed by atoms with Crippen LogP contribution in [0.25, 0.3) is 11.4 Å². The SMILES string of the molecule is CC(C)c1nnc2n1CCN(C(=O)c1ccc(-c3noc(=O)[nH]3)cc1)C2C. The fourth-order valence-corrected chi connectivity index (χ4v) is 3.40. The Morgan fingerprint density at radius 3 is 2.59 bits per heavy atom. The Morgan fingerprint density at radius 2 is 1.96 bits per heavy atom. The molecule has 1 N–H and O–H groups in total. The van der Waals surface area contributed by atoms with Crippen LogP contribution in [0.2, 0.25) is 0 Å². The van der Waals surface area contributed by atoms with Crippen molar-refractivity contribution in [2.24, 2.45) is 0 Å². The first-order valence-electron chi connectivity index (χ1n) is 8.86. The number of amides is 1. The van der Waals surface area contributed by atoms with E-state index in [4.69, 9.17) is 0 Å². The van der Waals surface area contributed by atoms with Crippen molar-refractivity contribution in [3.05, 3.63) is 52.0 Å². The van der Waals surface area contributed by atoms with Crippen LogP contribution in [0.4, 0.5) is 0 Å². The highest BCUT2D eigenvalue weighted by atomic mass is 16.5. The van der Waals surface area contributed by atoms with Crippen LogP contribution in [0.5, 0.6) is 0 Å². The molecule has 4 rings (SSSR count). The third-order valence-electron chi connectivity index (χ3n) is 4.84. The van der Waals surface area contributed by atoms with E-state index >= 15 is 0 Å². The molecule has 9 heteroatoms. The Hall–Kier alpha value is -3.23. The van der Waals surface area contributed by atoms with Crippen LogP contribution in [0.15, 0.2) is 33.6 Å². The predicted molar refractivity (Wildman–Crippen MR) is 96.1 cm³/mol. The number of rotatable bonds is 3. The Morgan fingerprint density at radius 1 is 1.22 bits per heavy atom. The van der Waals surface area contributed by atoms with Gasteiger partial charge in [0.2, 0.25) is 0 Å². The predicted octanol–water partition coefficient (Wildman–Crippen LogP) is 1.96. The lowest BCUT2D eigenvalue weighted by Crippen LogP contribution is -2.41. The van der Waals surface area contributed by atoms with Crippen molar-refractivity contribution in [1.82, 2.24) is 29.8 Å². The van der Waals surface area contributed by atoms with Gasteiger partial charge < -0.3 is 9.47 Å². The number of nitrogens with zero attached hydrogens (tertiary/aromatic N) is 5. The van der Waals surface area contributed by atoms with Crippen molar-refractivity contribution >= 4 is 5.91 Å². The van der Waals surface area contributed by atoms with E-state index in [0.29, 0.717) is 30.0 Å². The number of nitrogens with one attached hydrogen (secondary N) is 1. The van der Waals surface area contributed by atoms with E-state index in [0.717, 1.165) is 11.6 Å². The molecule has 140 valence electrons. The summed E-state index contributed by atoms with van der Waals surface area (Å²) < 4.78 is 6.62. The summed E-state index contributed by atoms with van der Waals surface area (Å²) in [6, 6.07) is 6.74. The first kappa shape index (κ1) is 17.2. The van der Waals surface area contributed by atoms with Gasteiger partial charge in [-0.25, -0.2) is 4.79 Å². The highest BCUT2D eigenvalue weighted by molar-refractivity contribution is 5.95. The van der Waals surface area contributed by atoms with Crippen molar-refractivity contribution in [3.63, 3.8) is 0 Å². The van der Waals surface area contributed by atoms with Gasteiger partial charge in [-0.3, -0.25) is 14.3 Å². The molecule has 9 nitrogen and oxygen atoms in total. The van der Waals surface area contributed by atoms with E-state index < -0.39 is 5.76 Å². The smallest absolute Gasteiger partial charge is 0.327 e. The molecule has 0 saturated heterocycles. The lowest BCUT2D eigenvalue weighted by molar-refractivity contribution is 0.0636. The molecule has 1 unspecified atom stereocenters. The molecular weight excluding hydrogens is 348 g/mol. The maximum absolute atomic E-state index is 13.0. The summed E-state index contributed by atoms with van der Waals surface area (Å²) in [7, 11) is 0. The van der Waals surface area contributed by atoms with Gasteiger partial charge in [-0.05, 0) is 19.1 Å². The number of hydrogen-bond acceptors (Lipinski definition) is 6. The van der Waals surface area contributed by atoms with Gasteiger partial charge in [0, 0.05) is 30.1 Å². The quantitative estimate of drug-likeness (QED) is 0.757. The molecule has 27 heavy (non-hydrogen) atoms. The molecule has 0 aliphatic carbocycles. The van der Waals surface area contributed by atoms with Crippen LogP contribution < -0.4 is 5.76 Å². The zero-order valence-corrected chi connectivity index (χ0v) is 15.3. The van der Waals surface area contributed by atoms with Crippen LogP contribution >= 0.6 is 0 Å². The van der Waals surface area contributed by atoms with Crippen LogP contribution in [-0.2, 0) is 6.54 Å². The first-order valence-corrected chi connectivity index (χ1v) is 8.86. The number of aromatic amines is 1. The van der Waals surface area contributed by atoms with E-state index in [-0.39, 0.29) is 17.9 Å². The molecule has 0 radical (unpaired) electrons. The normalized spacial score (nSPS) is 16.6. The minimum Gasteiger partial charge on any atom is -0.327 e. The second kappa shape index (κ2) is 6.49. The average molecular weight is 368 g/mol. The number of carbonyl (C=O) groups excluding carboxylic acids is 1. The molecule has 1 aliphatic rings. The van der Waals surface area contributed by atoms with Crippen molar-refractivity contribution in [1.29, 1.82) is 0 Å². The van der Waals surface area contributed by atoms with Crippen molar-refractivity contribution < 1.29 is 9.32 Å². The van der Waals surface area contributed by atoms with E-state index in [2.05, 4.69) is 43.3 Å². The molecule has 0 fully saturated rings. The molecule has 0 spiro atoms. The number of H-pyrrole nitrogens is 1. The zero-order valence-electron chi connectivity index (χ0n) is 15.3. The third kappa shape index (κ3) is 2.94. The van der Waals surface area contributed by atoms with Gasteiger partial charge in [0.15, 0.2) is 11.6 Å². The third-order valence-corrected chi connectivity index (χ3v) is 4.84. The van der Waals surface area contributed by atoms with Gasteiger partial charge in [-0.2, -0.15) is 0 Å². The molecule has 3 heterocycles. The Balaban J connectivity index is 1.57. The number of fused-ring (bicyclic) bond motifs is 1. The van der Waals surface area contributed by atoms with Gasteiger partial charge in [-0.1, -0.05) is 31.1 Å². The van der Waals surface area contributed by atoms with Crippen LogP contribution in [0.3, 0.4) is 0 Å². The molecule has 1 amide bonds. The van der Waals surface area contributed by atoms with E-state index in [1.165, 1.54) is 0 Å². The Labute approximate surface area is 155 Å². The largest absolute Gasteiger partial charge is 0.439 e. The zero-order chi connectivity index (χ0) is 19.1. The van der Waals surface area contributed by atoms with Crippen LogP contribution in [-0.4, -0.2) is 42.3 Å². The minimum absolute atomic E-state index is 0.0666. The Kier molecular flexibility index (Phi) is 4.14. The highest BCUT2D eigenvalue weighted by Gasteiger charge is 2.32. The molecule has 0 bridgehead atoms. The van der Waals surface area contributed by atoms with Gasteiger partial charge in [0.05, 0.1) is 6.04 Å². The lowest BCUT2D eigenvalue weighted by atomic mass is 10.1. The molecule has 0 saturated carbocycles. The molecule has 1 atom stereocenters. The van der Waals surface area contributed by atoms with Gasteiger partial charge in [0.1, 0.15) is 5.82 Å². The summed E-state index contributed by atoms with van der Waals surface area (Å²) in [5.41, 5.74) is 1.24. The molecule has 1 aliphatic heterocycles. The molecular formula is C18H20N6O3. The van der Waals surface area contributed by atoms with Gasteiger partial charge in [0.25, 0.3) is 5.91 Å². The fraction of sp³-hybridized carbons (Fsp3) is 0.389. The maximum Gasteiger partial charge on any atom is 0.439 e. The second-order valence-corrected chi connectivity index (χ2v) is 6.92. The molecule has 1 aromatic carbocycles. The summed E-state index contributed by atoms with van der Waals surface area (Å²) in [6.45, 7) is 7.43. The topological polar surface area (TPSA) is 110 Å². The van der Waals surface area contributed by atoms with Crippen molar-refractivity contribution in [2.75, 3.05) is 6.54 Å². The highest BCUT2D eigenvalue weighted by Crippen LogP contribution is 2.28. The summed E-state index contributed by atoms with van der Waals surface area (Å²) in [5.74, 6) is 1.71. The number of aromatic nitrogens is 5. The fourth-order valence-electron chi connectivity index (χ4n) is 3.40. The van der Waals surface area contributed by atoms with Crippen LogP contribution in [0, 0.1) is 0 Å². The van der Waals surface area contributed by atoms with E-state index in [9.17, 15) is 9.59 Å². The van der Waals surface area contributed by atoms with Gasteiger partial charge >= 0.3 is 5.76 Å². The van der Waals surface area contributed by atoms with E-state index in [1.807, 2.05) is 6.92 Å². The lowest BCUT2D eigenvalue weighted by Gasteiger charge is -2.34. The summed E-state index contributed by atoms with van der Waals surface area (Å²) in [6.07, 6.45) is 0. The standard InChI is InChI=1S/C18H20N6O3/c1-10(2)15-20-21-16-11(3)23(8-9-24(15)16)17(25)13-6-4-12(5-7-13)14-19-18(26)27-22-14/h4-7,10-11H,8-9H2,1-3H3,(H,19,22,26). The van der Waals surface area contributed by atoms with Crippen molar-refractivity contribution in [3.8, 4) is 11.4 Å². The summed E-state index contributed by atoms with van der Waals surface area (Å²) >= 11 is 0. The monoisotopic (exact) mass is 368 g/mol. The number of benzene rings is 1. The van der Waals surface area contributed by atoms with Crippen LogP contribution in [0.1, 0.15) is 54.7 Å². The Bertz CT molecular complexity index is 1030. The van der Waals surface area contributed by atoms with Crippen molar-refractivity contribution in [2.45, 2.75) is 39.3 Å². The van der Waals surface area contributed by atoms with E-state index in [1.54, 1.807) is 29.2 Å². The second-order valence-electron chi connectivity index (χ2n) is 6.92. The van der Waals surface area contributed by atoms with Gasteiger partial charge in [-0.15, -0.1) is 10.2 Å². The number of hydrogen-bond donors (Lipinski definition) is 1. The summed E-state index contributed by atoms with van der Waals surface area (Å²) in [4.78, 5) is 28.4. The maximum atomic E-state index is 13.0. The number of carbonyl (C=O) groups is 1. The average Bonchev–Trinajstić information content (AvgIpc) is 3.28. The molecule has 3 aromatic rings. The summed E-state index contributed by atoms with van der Waals surface area (Å²) in [5, 5.41) is 12.2.